The number of carbonyl (C=O) groups is 1. The Hall–Kier alpha value is -3.14. The summed E-state index contributed by atoms with van der Waals surface area (Å²) in [5, 5.41) is 6.03. The number of carbonyl (C=O) groups excluding carboxylic acids is 1. The van der Waals surface area contributed by atoms with Gasteiger partial charge >= 0.3 is 5.97 Å². The van der Waals surface area contributed by atoms with Gasteiger partial charge in [-0.15, -0.1) is 0 Å². The van der Waals surface area contributed by atoms with E-state index < -0.39 is 5.97 Å². The molecule has 0 unspecified atom stereocenters. The van der Waals surface area contributed by atoms with Crippen LogP contribution in [0.5, 0.6) is 0 Å². The number of oxime groups is 1. The Morgan fingerprint density at radius 1 is 1.04 bits per heavy atom. The van der Waals surface area contributed by atoms with Crippen molar-refractivity contribution < 1.29 is 9.63 Å². The second-order valence-electron chi connectivity index (χ2n) is 5.65. The third-order valence-electron chi connectivity index (χ3n) is 3.75. The standard InChI is InChI=1S/C20H18N2O2/c1-14-6-4-10-17(12-14)20(23)24-22-19(21)13-16-9-5-8-15-7-2-3-11-18(15)16/h2-12H,13H2,1H3,(H2,21,22). The number of amidine groups is 1. The summed E-state index contributed by atoms with van der Waals surface area (Å²) in [5.41, 5.74) is 8.41. The zero-order chi connectivity index (χ0) is 16.9. The number of hydrogen-bond donors (Lipinski definition) is 1. The number of benzene rings is 3. The molecule has 0 amide bonds. The molecule has 3 aromatic carbocycles. The van der Waals surface area contributed by atoms with E-state index in [4.69, 9.17) is 10.6 Å². The van der Waals surface area contributed by atoms with Crippen LogP contribution < -0.4 is 5.73 Å². The first-order valence-corrected chi connectivity index (χ1v) is 7.70. The van der Waals surface area contributed by atoms with Crippen LogP contribution in [0.2, 0.25) is 0 Å². The van der Waals surface area contributed by atoms with E-state index >= 15 is 0 Å². The molecule has 0 atom stereocenters. The van der Waals surface area contributed by atoms with E-state index in [0.717, 1.165) is 21.9 Å². The molecule has 24 heavy (non-hydrogen) atoms. The Kier molecular flexibility index (Phi) is 4.57. The van der Waals surface area contributed by atoms with Gasteiger partial charge in [0.25, 0.3) is 0 Å². The number of nitrogens with two attached hydrogens (primary N) is 1. The lowest BCUT2D eigenvalue weighted by Crippen LogP contribution is -2.17. The Labute approximate surface area is 140 Å². The van der Waals surface area contributed by atoms with E-state index in [1.165, 1.54) is 0 Å². The quantitative estimate of drug-likeness (QED) is 0.344. The van der Waals surface area contributed by atoms with Crippen LogP contribution in [0, 0.1) is 6.92 Å². The summed E-state index contributed by atoms with van der Waals surface area (Å²) in [4.78, 5) is 16.9. The molecule has 2 N–H and O–H groups in total. The SMILES string of the molecule is Cc1cccc(C(=O)O/N=C(\N)Cc2cccc3ccccc23)c1. The van der Waals surface area contributed by atoms with Gasteiger partial charge in [0, 0.05) is 6.42 Å². The second kappa shape index (κ2) is 6.96. The van der Waals surface area contributed by atoms with Gasteiger partial charge in [0.05, 0.1) is 5.56 Å². The van der Waals surface area contributed by atoms with E-state index in [1.807, 2.05) is 55.5 Å². The van der Waals surface area contributed by atoms with Crippen LogP contribution in [0.4, 0.5) is 0 Å². The summed E-state index contributed by atoms with van der Waals surface area (Å²) in [6.07, 6.45) is 0.419. The molecule has 0 spiro atoms. The number of aryl methyl sites for hydroxylation is 1. The molecule has 4 nitrogen and oxygen atoms in total. The first-order valence-electron chi connectivity index (χ1n) is 7.70. The average molecular weight is 318 g/mol. The fraction of sp³-hybridized carbons (Fsp3) is 0.100. The zero-order valence-corrected chi connectivity index (χ0v) is 13.4. The van der Waals surface area contributed by atoms with E-state index in [-0.39, 0.29) is 5.84 Å². The lowest BCUT2D eigenvalue weighted by Gasteiger charge is -2.06. The number of hydrogen-bond acceptors (Lipinski definition) is 3. The molecule has 3 rings (SSSR count). The van der Waals surface area contributed by atoms with Gasteiger partial charge < -0.3 is 10.6 Å². The second-order valence-corrected chi connectivity index (χ2v) is 5.65. The van der Waals surface area contributed by atoms with Crippen molar-refractivity contribution >= 4 is 22.6 Å². The van der Waals surface area contributed by atoms with Gasteiger partial charge in [0.15, 0.2) is 0 Å². The highest BCUT2D eigenvalue weighted by atomic mass is 16.7. The molecule has 0 aliphatic rings. The average Bonchev–Trinajstić information content (AvgIpc) is 2.60. The van der Waals surface area contributed by atoms with Crippen molar-refractivity contribution in [2.75, 3.05) is 0 Å². The predicted molar refractivity (Wildman–Crippen MR) is 95.9 cm³/mol. The molecule has 0 aliphatic carbocycles. The Morgan fingerprint density at radius 2 is 1.79 bits per heavy atom. The molecule has 3 aromatic rings. The van der Waals surface area contributed by atoms with Crippen molar-refractivity contribution in [1.82, 2.24) is 0 Å². The topological polar surface area (TPSA) is 64.7 Å². The van der Waals surface area contributed by atoms with Crippen molar-refractivity contribution in [1.29, 1.82) is 0 Å². The minimum absolute atomic E-state index is 0.257. The zero-order valence-electron chi connectivity index (χ0n) is 13.4. The molecule has 0 fully saturated rings. The Balaban J connectivity index is 1.73. The van der Waals surface area contributed by atoms with Crippen LogP contribution in [0.3, 0.4) is 0 Å². The third kappa shape index (κ3) is 3.60. The molecule has 0 radical (unpaired) electrons. The van der Waals surface area contributed by atoms with Gasteiger partial charge in [-0.25, -0.2) is 4.79 Å². The van der Waals surface area contributed by atoms with Crippen molar-refractivity contribution in [2.45, 2.75) is 13.3 Å². The van der Waals surface area contributed by atoms with E-state index in [9.17, 15) is 4.79 Å². The molecule has 0 saturated heterocycles. The summed E-state index contributed by atoms with van der Waals surface area (Å²) in [5.74, 6) is -0.257. The Morgan fingerprint density at radius 3 is 2.62 bits per heavy atom. The van der Waals surface area contributed by atoms with Gasteiger partial charge in [-0.3, -0.25) is 0 Å². The maximum atomic E-state index is 12.0. The largest absolute Gasteiger partial charge is 0.384 e. The first-order chi connectivity index (χ1) is 11.6. The number of rotatable bonds is 4. The van der Waals surface area contributed by atoms with Crippen LogP contribution in [-0.2, 0) is 11.3 Å². The van der Waals surface area contributed by atoms with Gasteiger partial charge in [-0.1, -0.05) is 65.3 Å². The van der Waals surface area contributed by atoms with Crippen molar-refractivity contribution in [3.8, 4) is 0 Å². The maximum absolute atomic E-state index is 12.0. The van der Waals surface area contributed by atoms with Gasteiger partial charge in [-0.2, -0.15) is 0 Å². The van der Waals surface area contributed by atoms with Crippen LogP contribution >= 0.6 is 0 Å². The molecule has 0 saturated carbocycles. The molecule has 0 bridgehead atoms. The maximum Gasteiger partial charge on any atom is 0.365 e. The monoisotopic (exact) mass is 318 g/mol. The molecule has 0 aliphatic heterocycles. The van der Waals surface area contributed by atoms with Crippen molar-refractivity contribution in [2.24, 2.45) is 10.9 Å². The summed E-state index contributed by atoms with van der Waals surface area (Å²) < 4.78 is 0. The first kappa shape index (κ1) is 15.7. The fourth-order valence-corrected chi connectivity index (χ4v) is 2.60. The highest BCUT2D eigenvalue weighted by Gasteiger charge is 2.08. The number of nitrogens with zero attached hydrogens (tertiary/aromatic N) is 1. The summed E-state index contributed by atoms with van der Waals surface area (Å²) in [6, 6.07) is 21.2. The van der Waals surface area contributed by atoms with E-state index in [0.29, 0.717) is 12.0 Å². The molecule has 0 heterocycles. The normalized spacial score (nSPS) is 11.5. The highest BCUT2D eigenvalue weighted by Crippen LogP contribution is 2.18. The van der Waals surface area contributed by atoms with Crippen molar-refractivity contribution in [3.63, 3.8) is 0 Å². The van der Waals surface area contributed by atoms with Crippen LogP contribution in [-0.4, -0.2) is 11.8 Å². The number of fused-ring (bicyclic) bond motifs is 1. The Bertz CT molecular complexity index is 911. The molecule has 120 valence electrons. The van der Waals surface area contributed by atoms with Gasteiger partial charge in [-0.05, 0) is 35.4 Å². The third-order valence-corrected chi connectivity index (χ3v) is 3.75. The van der Waals surface area contributed by atoms with Crippen molar-refractivity contribution in [3.05, 3.63) is 83.4 Å². The van der Waals surface area contributed by atoms with Crippen LogP contribution in [0.25, 0.3) is 10.8 Å². The van der Waals surface area contributed by atoms with Crippen LogP contribution in [0.1, 0.15) is 21.5 Å². The molecule has 0 aromatic heterocycles. The van der Waals surface area contributed by atoms with Gasteiger partial charge in [0.2, 0.25) is 0 Å². The smallest absolute Gasteiger partial charge is 0.365 e. The summed E-state index contributed by atoms with van der Waals surface area (Å²) in [7, 11) is 0. The fourth-order valence-electron chi connectivity index (χ4n) is 2.60. The molecular weight excluding hydrogens is 300 g/mol. The van der Waals surface area contributed by atoms with Crippen LogP contribution in [0.15, 0.2) is 71.9 Å². The van der Waals surface area contributed by atoms with E-state index in [1.54, 1.807) is 18.2 Å². The summed E-state index contributed by atoms with van der Waals surface area (Å²) >= 11 is 0. The highest BCUT2D eigenvalue weighted by molar-refractivity contribution is 5.93. The molecular formula is C20H18N2O2. The predicted octanol–water partition coefficient (Wildman–Crippen LogP) is 3.82. The molecule has 4 heteroatoms. The lowest BCUT2D eigenvalue weighted by molar-refractivity contribution is 0.0515. The van der Waals surface area contributed by atoms with Gasteiger partial charge in [0.1, 0.15) is 5.84 Å². The lowest BCUT2D eigenvalue weighted by atomic mass is 10.0. The minimum Gasteiger partial charge on any atom is -0.384 e. The van der Waals surface area contributed by atoms with E-state index in [2.05, 4.69) is 5.16 Å². The summed E-state index contributed by atoms with van der Waals surface area (Å²) in [6.45, 7) is 1.91. The minimum atomic E-state index is -0.514.